The van der Waals surface area contributed by atoms with E-state index in [0.29, 0.717) is 11.1 Å². The van der Waals surface area contributed by atoms with Crippen LogP contribution in [0.4, 0.5) is 5.69 Å². The zero-order valence-corrected chi connectivity index (χ0v) is 18.5. The lowest BCUT2D eigenvalue weighted by atomic mass is 9.94. The first-order valence-corrected chi connectivity index (χ1v) is 10.3. The Kier molecular flexibility index (Phi) is 5.74. The van der Waals surface area contributed by atoms with Crippen LogP contribution in [0.25, 0.3) is 5.76 Å². The van der Waals surface area contributed by atoms with Gasteiger partial charge in [-0.15, -0.1) is 0 Å². The Hall–Kier alpha value is -3.97. The van der Waals surface area contributed by atoms with E-state index in [1.165, 1.54) is 43.5 Å². The smallest absolute Gasteiger partial charge is 0.300 e. The summed E-state index contributed by atoms with van der Waals surface area (Å²) in [7, 11) is 1.38. The number of hydrogen-bond acceptors (Lipinski definition) is 6. The van der Waals surface area contributed by atoms with Gasteiger partial charge in [-0.25, -0.2) is 0 Å². The third kappa shape index (κ3) is 3.76. The van der Waals surface area contributed by atoms with Crippen LogP contribution >= 0.6 is 11.6 Å². The Morgan fingerprint density at radius 1 is 1.03 bits per heavy atom. The van der Waals surface area contributed by atoms with Gasteiger partial charge in [-0.2, -0.15) is 0 Å². The number of nitrogens with zero attached hydrogens (tertiary/aromatic N) is 1. The molecule has 1 unspecified atom stereocenters. The minimum absolute atomic E-state index is 0.00889. The third-order valence-electron chi connectivity index (χ3n) is 5.44. The van der Waals surface area contributed by atoms with E-state index < -0.39 is 23.5 Å². The molecule has 1 heterocycles. The number of aliphatic hydroxyl groups is 1. The standard InChI is InChI=1S/C25H20ClNO6/c1-13-11-16(24(33-2)17(26)12-13)22(30)20-21(14-7-9-15(28)10-8-14)27(25(32)23(20)31)18-5-3-4-6-19(18)29/h3-12,21,28-30H,1-2H3/b22-20+. The topological polar surface area (TPSA) is 107 Å². The number of amides is 1. The number of anilines is 1. The molecule has 0 saturated carbocycles. The van der Waals surface area contributed by atoms with Crippen molar-refractivity contribution < 1.29 is 29.6 Å². The van der Waals surface area contributed by atoms with Gasteiger partial charge in [0.05, 0.1) is 35.0 Å². The number of phenols is 2. The number of halogens is 1. The summed E-state index contributed by atoms with van der Waals surface area (Å²) in [6, 6.07) is 14.1. The van der Waals surface area contributed by atoms with Gasteiger partial charge in [0.15, 0.2) is 0 Å². The molecule has 33 heavy (non-hydrogen) atoms. The van der Waals surface area contributed by atoms with E-state index in [1.807, 2.05) is 0 Å². The maximum absolute atomic E-state index is 13.2. The van der Waals surface area contributed by atoms with Gasteiger partial charge in [-0.3, -0.25) is 14.5 Å². The Labute approximate surface area is 194 Å². The van der Waals surface area contributed by atoms with Gasteiger partial charge in [0.25, 0.3) is 11.7 Å². The van der Waals surface area contributed by atoms with E-state index in [2.05, 4.69) is 0 Å². The molecule has 0 aromatic heterocycles. The Bertz CT molecular complexity index is 1300. The number of phenolic OH excluding ortho intramolecular Hbond substituents is 2. The number of Topliss-reactive ketones (excluding diaryl/α,β-unsaturated/α-hetero) is 1. The fourth-order valence-electron chi connectivity index (χ4n) is 3.98. The lowest BCUT2D eigenvalue weighted by Crippen LogP contribution is -2.29. The van der Waals surface area contributed by atoms with Crippen LogP contribution in [0.1, 0.15) is 22.7 Å². The van der Waals surface area contributed by atoms with Crippen molar-refractivity contribution in [1.82, 2.24) is 0 Å². The number of aliphatic hydroxyl groups excluding tert-OH is 1. The number of benzene rings is 3. The van der Waals surface area contributed by atoms with Crippen LogP contribution in [0.15, 0.2) is 66.2 Å². The zero-order valence-electron chi connectivity index (χ0n) is 17.7. The summed E-state index contributed by atoms with van der Waals surface area (Å²) >= 11 is 6.28. The summed E-state index contributed by atoms with van der Waals surface area (Å²) in [4.78, 5) is 27.5. The minimum atomic E-state index is -1.08. The molecular formula is C25H20ClNO6. The fraction of sp³-hybridized carbons (Fsp3) is 0.120. The van der Waals surface area contributed by atoms with Gasteiger partial charge in [-0.1, -0.05) is 35.9 Å². The average molecular weight is 466 g/mol. The SMILES string of the molecule is COc1c(Cl)cc(C)cc1/C(O)=C1\C(=O)C(=O)N(c2ccccc2O)C1c1ccc(O)cc1. The number of carbonyl (C=O) groups is 2. The molecule has 7 nitrogen and oxygen atoms in total. The molecular weight excluding hydrogens is 446 g/mol. The average Bonchev–Trinajstić information content (AvgIpc) is 3.04. The van der Waals surface area contributed by atoms with Gasteiger partial charge in [0.1, 0.15) is 23.0 Å². The van der Waals surface area contributed by atoms with Crippen LogP contribution < -0.4 is 9.64 Å². The lowest BCUT2D eigenvalue weighted by molar-refractivity contribution is -0.132. The molecule has 0 aliphatic carbocycles. The van der Waals surface area contributed by atoms with E-state index >= 15 is 0 Å². The highest BCUT2D eigenvalue weighted by atomic mass is 35.5. The molecule has 1 atom stereocenters. The number of carbonyl (C=O) groups excluding carboxylic acids is 2. The molecule has 1 aliphatic heterocycles. The number of methoxy groups -OCH3 is 1. The maximum Gasteiger partial charge on any atom is 0.300 e. The van der Waals surface area contributed by atoms with Gasteiger partial charge in [0.2, 0.25) is 0 Å². The van der Waals surface area contributed by atoms with Crippen LogP contribution in [0.3, 0.4) is 0 Å². The molecule has 4 rings (SSSR count). The van der Waals surface area contributed by atoms with Crippen molar-refractivity contribution in [2.45, 2.75) is 13.0 Å². The Morgan fingerprint density at radius 2 is 1.70 bits per heavy atom. The van der Waals surface area contributed by atoms with E-state index in [9.17, 15) is 24.9 Å². The van der Waals surface area contributed by atoms with Gasteiger partial charge in [0, 0.05) is 0 Å². The quantitative estimate of drug-likeness (QED) is 0.293. The van der Waals surface area contributed by atoms with E-state index in [-0.39, 0.29) is 39.1 Å². The Balaban J connectivity index is 2.03. The highest BCUT2D eigenvalue weighted by Gasteiger charge is 2.48. The molecule has 8 heteroatoms. The van der Waals surface area contributed by atoms with E-state index in [4.69, 9.17) is 16.3 Å². The molecule has 0 spiro atoms. The van der Waals surface area contributed by atoms with Gasteiger partial charge >= 0.3 is 0 Å². The third-order valence-corrected chi connectivity index (χ3v) is 5.72. The van der Waals surface area contributed by atoms with Crippen molar-refractivity contribution in [1.29, 1.82) is 0 Å². The molecule has 168 valence electrons. The van der Waals surface area contributed by atoms with Crippen LogP contribution in [-0.4, -0.2) is 34.1 Å². The first kappa shape index (κ1) is 22.2. The molecule has 1 amide bonds. The predicted molar refractivity (Wildman–Crippen MR) is 124 cm³/mol. The van der Waals surface area contributed by atoms with Crippen molar-refractivity contribution >= 4 is 34.7 Å². The van der Waals surface area contributed by atoms with Crippen LogP contribution in [-0.2, 0) is 9.59 Å². The first-order chi connectivity index (χ1) is 15.7. The molecule has 3 aromatic rings. The molecule has 0 bridgehead atoms. The minimum Gasteiger partial charge on any atom is -0.508 e. The van der Waals surface area contributed by atoms with Crippen molar-refractivity contribution in [2.24, 2.45) is 0 Å². The van der Waals surface area contributed by atoms with Crippen molar-refractivity contribution in [3.63, 3.8) is 0 Å². The van der Waals surface area contributed by atoms with Crippen molar-refractivity contribution in [3.05, 3.63) is 87.9 Å². The van der Waals surface area contributed by atoms with Gasteiger partial charge in [-0.05, 0) is 54.4 Å². The van der Waals surface area contributed by atoms with Crippen LogP contribution in [0.5, 0.6) is 17.2 Å². The number of rotatable bonds is 4. The molecule has 1 saturated heterocycles. The number of hydrogen-bond donors (Lipinski definition) is 3. The number of ether oxygens (including phenoxy) is 1. The summed E-state index contributed by atoms with van der Waals surface area (Å²) in [5.41, 5.74) is 1.20. The second-order valence-electron chi connectivity index (χ2n) is 7.58. The van der Waals surface area contributed by atoms with Crippen LogP contribution in [0.2, 0.25) is 5.02 Å². The summed E-state index contributed by atoms with van der Waals surface area (Å²) < 4.78 is 5.35. The zero-order chi connectivity index (χ0) is 23.9. The summed E-state index contributed by atoms with van der Waals surface area (Å²) in [6.45, 7) is 1.76. The highest BCUT2D eigenvalue weighted by Crippen LogP contribution is 2.46. The van der Waals surface area contributed by atoms with Gasteiger partial charge < -0.3 is 20.1 Å². The van der Waals surface area contributed by atoms with Crippen molar-refractivity contribution in [2.75, 3.05) is 12.0 Å². The van der Waals surface area contributed by atoms with E-state index in [1.54, 1.807) is 31.2 Å². The molecule has 1 fully saturated rings. The Morgan fingerprint density at radius 3 is 2.33 bits per heavy atom. The summed E-state index contributed by atoms with van der Waals surface area (Å²) in [5.74, 6) is -2.39. The monoisotopic (exact) mass is 465 g/mol. The lowest BCUT2D eigenvalue weighted by Gasteiger charge is -2.26. The molecule has 3 N–H and O–H groups in total. The summed E-state index contributed by atoms with van der Waals surface area (Å²) in [6.07, 6.45) is 0. The summed E-state index contributed by atoms with van der Waals surface area (Å²) in [5, 5.41) is 31.7. The first-order valence-electron chi connectivity index (χ1n) is 9.97. The second-order valence-corrected chi connectivity index (χ2v) is 7.98. The predicted octanol–water partition coefficient (Wildman–Crippen LogP) is 4.69. The van der Waals surface area contributed by atoms with E-state index in [0.717, 1.165) is 4.90 Å². The molecule has 1 aliphatic rings. The normalized spacial score (nSPS) is 17.4. The number of aryl methyl sites for hydroxylation is 1. The van der Waals surface area contributed by atoms with Crippen LogP contribution in [0, 0.1) is 6.92 Å². The number of ketones is 1. The molecule has 0 radical (unpaired) electrons. The van der Waals surface area contributed by atoms with Crippen molar-refractivity contribution in [3.8, 4) is 17.2 Å². The second kappa shape index (κ2) is 8.52. The molecule has 3 aromatic carbocycles. The maximum atomic E-state index is 13.2. The number of aromatic hydroxyl groups is 2. The number of para-hydroxylation sites is 2. The fourth-order valence-corrected chi connectivity index (χ4v) is 4.33. The largest absolute Gasteiger partial charge is 0.508 e. The highest BCUT2D eigenvalue weighted by molar-refractivity contribution is 6.52.